The number of hydrogen-bond donors (Lipinski definition) is 1. The van der Waals surface area contributed by atoms with Crippen molar-refractivity contribution in [1.82, 2.24) is 10.2 Å². The van der Waals surface area contributed by atoms with Crippen LogP contribution in [-0.2, 0) is 25.5 Å². The highest BCUT2D eigenvalue weighted by atomic mass is 35.5. The summed E-state index contributed by atoms with van der Waals surface area (Å²) >= 11 is 12.0. The number of ether oxygens (including phenoxy) is 1. The molecule has 2 fully saturated rings. The van der Waals surface area contributed by atoms with Crippen molar-refractivity contribution in [3.8, 4) is 0 Å². The smallest absolute Gasteiger partial charge is 0.328 e. The molecule has 1 aromatic carbocycles. The first kappa shape index (κ1) is 26.8. The van der Waals surface area contributed by atoms with Gasteiger partial charge >= 0.3 is 5.97 Å². The van der Waals surface area contributed by atoms with E-state index in [0.717, 1.165) is 31.2 Å². The van der Waals surface area contributed by atoms with Gasteiger partial charge < -0.3 is 15.0 Å². The molecule has 1 saturated heterocycles. The Morgan fingerprint density at radius 3 is 2.38 bits per heavy atom. The summed E-state index contributed by atoms with van der Waals surface area (Å²) in [4.78, 5) is 39.4. The molecule has 1 N–H and O–H groups in total. The van der Waals surface area contributed by atoms with E-state index in [-0.39, 0.29) is 23.7 Å². The van der Waals surface area contributed by atoms with Crippen molar-refractivity contribution in [3.63, 3.8) is 0 Å². The molecule has 1 atom stereocenters. The normalized spacial score (nSPS) is 18.4. The number of nitrogens with one attached hydrogen (secondary N) is 1. The monoisotopic (exact) mass is 510 g/mol. The first-order valence-corrected chi connectivity index (χ1v) is 13.2. The minimum Gasteiger partial charge on any atom is -0.467 e. The third-order valence-electron chi connectivity index (χ3n) is 7.17. The highest BCUT2D eigenvalue weighted by molar-refractivity contribution is 6.42. The van der Waals surface area contributed by atoms with E-state index in [1.54, 1.807) is 12.1 Å². The summed E-state index contributed by atoms with van der Waals surface area (Å²) in [7, 11) is 1.37. The number of aryl methyl sites for hydroxylation is 1. The summed E-state index contributed by atoms with van der Waals surface area (Å²) in [5.41, 5.74) is 0.989. The number of rotatable bonds is 9. The van der Waals surface area contributed by atoms with E-state index < -0.39 is 6.04 Å². The van der Waals surface area contributed by atoms with Crippen LogP contribution in [0.25, 0.3) is 0 Å². The van der Waals surface area contributed by atoms with Gasteiger partial charge in [0.2, 0.25) is 11.8 Å². The molecule has 0 spiro atoms. The Balaban J connectivity index is 1.40. The van der Waals surface area contributed by atoms with Crippen LogP contribution in [0.3, 0.4) is 0 Å². The van der Waals surface area contributed by atoms with Crippen LogP contribution in [0.5, 0.6) is 0 Å². The van der Waals surface area contributed by atoms with Crippen molar-refractivity contribution in [1.29, 1.82) is 0 Å². The van der Waals surface area contributed by atoms with Gasteiger partial charge in [0, 0.05) is 25.9 Å². The maximum Gasteiger partial charge on any atom is 0.328 e. The summed E-state index contributed by atoms with van der Waals surface area (Å²) in [6.07, 6.45) is 9.51. The van der Waals surface area contributed by atoms with Gasteiger partial charge in [0.15, 0.2) is 0 Å². The molecule has 0 radical (unpaired) electrons. The van der Waals surface area contributed by atoms with Crippen molar-refractivity contribution >= 4 is 41.0 Å². The third kappa shape index (κ3) is 8.16. The molecule has 1 unspecified atom stereocenters. The van der Waals surface area contributed by atoms with Crippen molar-refractivity contribution in [2.45, 2.75) is 76.7 Å². The standard InChI is InChI=1S/C26H36Cl2N2O4/c1-34-26(33)23(16-18-5-3-2-4-6-18)29-24(31)17-20-11-13-30(14-12-20)25(32)10-8-19-7-9-21(27)22(28)15-19/h7,9,15,18,20,23H,2-6,8,10-14,16-17H2,1H3,(H,29,31). The van der Waals surface area contributed by atoms with Crippen molar-refractivity contribution in [3.05, 3.63) is 33.8 Å². The fraction of sp³-hybridized carbons (Fsp3) is 0.654. The molecule has 188 valence electrons. The fourth-order valence-electron chi connectivity index (χ4n) is 5.12. The largest absolute Gasteiger partial charge is 0.467 e. The highest BCUT2D eigenvalue weighted by Gasteiger charge is 2.29. The number of esters is 1. The lowest BCUT2D eigenvalue weighted by atomic mass is 9.84. The Hall–Kier alpha value is -1.79. The molecular formula is C26H36Cl2N2O4. The number of methoxy groups -OCH3 is 1. The van der Waals surface area contributed by atoms with Gasteiger partial charge in [0.05, 0.1) is 17.2 Å². The molecule has 3 rings (SSSR count). The second kappa shape index (κ2) is 13.3. The van der Waals surface area contributed by atoms with Crippen LogP contribution in [-0.4, -0.2) is 48.9 Å². The third-order valence-corrected chi connectivity index (χ3v) is 7.91. The Morgan fingerprint density at radius 2 is 1.74 bits per heavy atom. The van der Waals surface area contributed by atoms with Crippen LogP contribution in [0.2, 0.25) is 10.0 Å². The molecule has 2 aliphatic rings. The van der Waals surface area contributed by atoms with E-state index in [0.29, 0.717) is 54.7 Å². The van der Waals surface area contributed by atoms with Gasteiger partial charge in [-0.1, -0.05) is 61.4 Å². The Bertz CT molecular complexity index is 849. The molecule has 0 aromatic heterocycles. The van der Waals surface area contributed by atoms with Crippen LogP contribution < -0.4 is 5.32 Å². The summed E-state index contributed by atoms with van der Waals surface area (Å²) in [5, 5.41) is 3.94. The Kier molecular flexibility index (Phi) is 10.5. The number of carbonyl (C=O) groups is 3. The van der Waals surface area contributed by atoms with Gasteiger partial charge in [0.1, 0.15) is 6.04 Å². The number of amides is 2. The van der Waals surface area contributed by atoms with E-state index in [1.807, 2.05) is 11.0 Å². The van der Waals surface area contributed by atoms with Crippen LogP contribution >= 0.6 is 23.2 Å². The van der Waals surface area contributed by atoms with Gasteiger partial charge in [-0.05, 0) is 55.2 Å². The first-order chi connectivity index (χ1) is 16.4. The first-order valence-electron chi connectivity index (χ1n) is 12.4. The van der Waals surface area contributed by atoms with Crippen LogP contribution in [0, 0.1) is 11.8 Å². The Labute approximate surface area is 212 Å². The van der Waals surface area contributed by atoms with Crippen molar-refractivity contribution in [2.75, 3.05) is 20.2 Å². The molecule has 1 aliphatic heterocycles. The fourth-order valence-corrected chi connectivity index (χ4v) is 5.44. The minimum atomic E-state index is -0.566. The van der Waals surface area contributed by atoms with Gasteiger partial charge in [0.25, 0.3) is 0 Å². The van der Waals surface area contributed by atoms with E-state index in [9.17, 15) is 14.4 Å². The van der Waals surface area contributed by atoms with Gasteiger partial charge in [-0.25, -0.2) is 4.79 Å². The SMILES string of the molecule is COC(=O)C(CC1CCCCC1)NC(=O)CC1CCN(C(=O)CCc2ccc(Cl)c(Cl)c2)CC1. The van der Waals surface area contributed by atoms with E-state index in [1.165, 1.54) is 26.4 Å². The summed E-state index contributed by atoms with van der Waals surface area (Å²) in [5.74, 6) is 0.340. The summed E-state index contributed by atoms with van der Waals surface area (Å²) in [6.45, 7) is 1.31. The number of piperidine rings is 1. The summed E-state index contributed by atoms with van der Waals surface area (Å²) < 4.78 is 4.94. The van der Waals surface area contributed by atoms with Crippen molar-refractivity contribution in [2.24, 2.45) is 11.8 Å². The van der Waals surface area contributed by atoms with Gasteiger partial charge in [-0.2, -0.15) is 0 Å². The zero-order valence-corrected chi connectivity index (χ0v) is 21.5. The number of benzene rings is 1. The molecule has 1 aromatic rings. The van der Waals surface area contributed by atoms with Crippen molar-refractivity contribution < 1.29 is 19.1 Å². The van der Waals surface area contributed by atoms with E-state index in [2.05, 4.69) is 5.32 Å². The lowest BCUT2D eigenvalue weighted by Gasteiger charge is -2.32. The zero-order chi connectivity index (χ0) is 24.5. The second-order valence-electron chi connectivity index (χ2n) is 9.66. The number of halogens is 2. The minimum absolute atomic E-state index is 0.101. The lowest BCUT2D eigenvalue weighted by molar-refractivity contribution is -0.146. The lowest BCUT2D eigenvalue weighted by Crippen LogP contribution is -2.44. The highest BCUT2D eigenvalue weighted by Crippen LogP contribution is 2.28. The maximum atomic E-state index is 12.7. The van der Waals surface area contributed by atoms with E-state index in [4.69, 9.17) is 27.9 Å². The van der Waals surface area contributed by atoms with Crippen LogP contribution in [0.4, 0.5) is 0 Å². The van der Waals surface area contributed by atoms with Crippen LogP contribution in [0.1, 0.15) is 69.8 Å². The number of carbonyl (C=O) groups excluding carboxylic acids is 3. The van der Waals surface area contributed by atoms with Crippen LogP contribution in [0.15, 0.2) is 18.2 Å². The number of likely N-dealkylation sites (tertiary alicyclic amines) is 1. The molecule has 6 nitrogen and oxygen atoms in total. The maximum absolute atomic E-state index is 12.7. The topological polar surface area (TPSA) is 75.7 Å². The summed E-state index contributed by atoms with van der Waals surface area (Å²) in [6, 6.07) is 4.88. The predicted octanol–water partition coefficient (Wildman–Crippen LogP) is 5.18. The predicted molar refractivity (Wildman–Crippen MR) is 134 cm³/mol. The van der Waals surface area contributed by atoms with E-state index >= 15 is 0 Å². The quantitative estimate of drug-likeness (QED) is 0.464. The molecule has 0 bridgehead atoms. The molecule has 34 heavy (non-hydrogen) atoms. The average molecular weight is 511 g/mol. The zero-order valence-electron chi connectivity index (χ0n) is 20.0. The molecule has 1 saturated carbocycles. The molecule has 1 aliphatic carbocycles. The molecule has 2 amide bonds. The average Bonchev–Trinajstić information content (AvgIpc) is 2.84. The molecule has 8 heteroatoms. The Morgan fingerprint density at radius 1 is 1.03 bits per heavy atom. The van der Waals surface area contributed by atoms with Gasteiger partial charge in [-0.15, -0.1) is 0 Å². The molecular weight excluding hydrogens is 475 g/mol. The molecule has 1 heterocycles. The van der Waals surface area contributed by atoms with Gasteiger partial charge in [-0.3, -0.25) is 9.59 Å². The number of nitrogens with zero attached hydrogens (tertiary/aromatic N) is 1. The second-order valence-corrected chi connectivity index (χ2v) is 10.5. The number of hydrogen-bond acceptors (Lipinski definition) is 4.